The van der Waals surface area contributed by atoms with Crippen molar-refractivity contribution >= 4 is 21.8 Å². The highest BCUT2D eigenvalue weighted by Crippen LogP contribution is 2.36. The van der Waals surface area contributed by atoms with Gasteiger partial charge in [0.1, 0.15) is 0 Å². The number of nitrogens with zero attached hydrogens (tertiary/aromatic N) is 5. The maximum Gasteiger partial charge on any atom is 0.160 e. The molecule has 0 saturated heterocycles. The predicted octanol–water partition coefficient (Wildman–Crippen LogP) is 11.3. The van der Waals surface area contributed by atoms with Gasteiger partial charge in [0.25, 0.3) is 0 Å². The Bertz CT molecular complexity index is 2630. The van der Waals surface area contributed by atoms with E-state index in [-0.39, 0.29) is 0 Å². The molecule has 0 aliphatic rings. The molecular formula is C46H31N5. The van der Waals surface area contributed by atoms with Crippen LogP contribution in [-0.4, -0.2) is 24.9 Å². The van der Waals surface area contributed by atoms with Gasteiger partial charge in [0.15, 0.2) is 5.82 Å². The van der Waals surface area contributed by atoms with E-state index in [0.717, 1.165) is 89.2 Å². The Morgan fingerprint density at radius 1 is 0.373 bits per heavy atom. The van der Waals surface area contributed by atoms with Gasteiger partial charge in [-0.05, 0) is 71.6 Å². The van der Waals surface area contributed by atoms with Gasteiger partial charge in [0, 0.05) is 39.4 Å². The number of aryl methyl sites for hydroxylation is 1. The standard InChI is InChI=1S/C46H31N5/c1-30-26-39(38-23-21-32-22-24-40(31-12-4-2-5-13-31)49-44(32)45(38)48-30)36-18-10-16-34(27-36)35-17-11-19-37(28-35)42-29-43(41-20-8-9-25-47-41)51-46(50-42)33-14-6-3-7-15-33/h2-29H,1H3. The lowest BCUT2D eigenvalue weighted by atomic mass is 9.94. The summed E-state index contributed by atoms with van der Waals surface area (Å²) in [5.41, 5.74) is 13.7. The molecule has 0 bridgehead atoms. The van der Waals surface area contributed by atoms with Crippen LogP contribution in [-0.2, 0) is 0 Å². The monoisotopic (exact) mass is 653 g/mol. The molecule has 0 radical (unpaired) electrons. The van der Waals surface area contributed by atoms with Gasteiger partial charge >= 0.3 is 0 Å². The quantitative estimate of drug-likeness (QED) is 0.167. The third-order valence-electron chi connectivity index (χ3n) is 9.19. The first-order valence-electron chi connectivity index (χ1n) is 17.0. The SMILES string of the molecule is Cc1cc(-c2cccc(-c3cccc(-c4cc(-c5ccccn5)nc(-c5ccccc5)n4)c3)c2)c2ccc3ccc(-c4ccccc4)nc3c2n1. The summed E-state index contributed by atoms with van der Waals surface area (Å²) in [4.78, 5) is 24.7. The van der Waals surface area contributed by atoms with E-state index in [9.17, 15) is 0 Å². The Morgan fingerprint density at radius 2 is 1.02 bits per heavy atom. The fraction of sp³-hybridized carbons (Fsp3) is 0.0217. The highest BCUT2D eigenvalue weighted by molar-refractivity contribution is 6.09. The molecule has 4 heterocycles. The Hall–Kier alpha value is -6.85. The van der Waals surface area contributed by atoms with Crippen molar-refractivity contribution in [1.82, 2.24) is 24.9 Å². The van der Waals surface area contributed by atoms with Crippen LogP contribution in [0.1, 0.15) is 5.69 Å². The summed E-state index contributed by atoms with van der Waals surface area (Å²) in [6, 6.07) is 56.3. The van der Waals surface area contributed by atoms with E-state index in [1.807, 2.05) is 72.8 Å². The number of pyridine rings is 3. The minimum atomic E-state index is 0.666. The van der Waals surface area contributed by atoms with Gasteiger partial charge in [-0.25, -0.2) is 15.0 Å². The minimum Gasteiger partial charge on any atom is -0.255 e. The largest absolute Gasteiger partial charge is 0.255 e. The van der Waals surface area contributed by atoms with Crippen molar-refractivity contribution in [2.75, 3.05) is 0 Å². The fourth-order valence-corrected chi connectivity index (χ4v) is 6.69. The van der Waals surface area contributed by atoms with Crippen molar-refractivity contribution in [3.05, 3.63) is 176 Å². The van der Waals surface area contributed by atoms with Gasteiger partial charge in [-0.1, -0.05) is 121 Å². The molecule has 4 aromatic heterocycles. The number of hydrogen-bond donors (Lipinski definition) is 0. The zero-order valence-electron chi connectivity index (χ0n) is 27.9. The van der Waals surface area contributed by atoms with E-state index >= 15 is 0 Å². The molecule has 0 aliphatic carbocycles. The van der Waals surface area contributed by atoms with E-state index in [1.165, 1.54) is 0 Å². The second-order valence-corrected chi connectivity index (χ2v) is 12.6. The van der Waals surface area contributed by atoms with E-state index in [0.29, 0.717) is 5.82 Å². The molecule has 5 heteroatoms. The molecule has 0 N–H and O–H groups in total. The summed E-state index contributed by atoms with van der Waals surface area (Å²) >= 11 is 0. The summed E-state index contributed by atoms with van der Waals surface area (Å²) in [5.74, 6) is 0.666. The van der Waals surface area contributed by atoms with Crippen molar-refractivity contribution in [1.29, 1.82) is 0 Å². The van der Waals surface area contributed by atoms with Crippen LogP contribution in [0, 0.1) is 6.92 Å². The molecule has 51 heavy (non-hydrogen) atoms. The van der Waals surface area contributed by atoms with Gasteiger partial charge in [-0.2, -0.15) is 0 Å². The average Bonchev–Trinajstić information content (AvgIpc) is 3.21. The molecule has 0 fully saturated rings. The summed E-state index contributed by atoms with van der Waals surface area (Å²) in [6.07, 6.45) is 1.79. The second-order valence-electron chi connectivity index (χ2n) is 12.6. The Labute approximate surface area is 296 Å². The Kier molecular flexibility index (Phi) is 7.63. The highest BCUT2D eigenvalue weighted by Gasteiger charge is 2.15. The summed E-state index contributed by atoms with van der Waals surface area (Å²) in [7, 11) is 0. The Morgan fingerprint density at radius 3 is 1.78 bits per heavy atom. The molecule has 0 amide bonds. The van der Waals surface area contributed by atoms with Crippen LogP contribution in [0.2, 0.25) is 0 Å². The topological polar surface area (TPSA) is 64.5 Å². The first kappa shape index (κ1) is 30.2. The summed E-state index contributed by atoms with van der Waals surface area (Å²) < 4.78 is 0. The fourth-order valence-electron chi connectivity index (χ4n) is 6.69. The van der Waals surface area contributed by atoms with Crippen molar-refractivity contribution in [2.45, 2.75) is 6.92 Å². The molecule has 0 saturated carbocycles. The lowest BCUT2D eigenvalue weighted by Gasteiger charge is -2.13. The van der Waals surface area contributed by atoms with E-state index in [4.69, 9.17) is 19.9 Å². The van der Waals surface area contributed by atoms with Crippen molar-refractivity contribution in [3.8, 4) is 67.5 Å². The molecule has 9 aromatic rings. The van der Waals surface area contributed by atoms with Gasteiger partial charge < -0.3 is 0 Å². The highest BCUT2D eigenvalue weighted by atomic mass is 14.9. The van der Waals surface area contributed by atoms with Gasteiger partial charge in [0.05, 0.1) is 33.8 Å². The van der Waals surface area contributed by atoms with Gasteiger partial charge in [0.2, 0.25) is 0 Å². The van der Waals surface area contributed by atoms with Gasteiger partial charge in [-0.15, -0.1) is 0 Å². The third kappa shape index (κ3) is 5.91. The second kappa shape index (κ2) is 12.9. The lowest BCUT2D eigenvalue weighted by Crippen LogP contribution is -1.97. The van der Waals surface area contributed by atoms with Crippen LogP contribution in [0.4, 0.5) is 0 Å². The first-order chi connectivity index (χ1) is 25.2. The Balaban J connectivity index is 1.14. The molecule has 0 aliphatic heterocycles. The van der Waals surface area contributed by atoms with Crippen LogP contribution >= 0.6 is 0 Å². The van der Waals surface area contributed by atoms with E-state index < -0.39 is 0 Å². The summed E-state index contributed by atoms with van der Waals surface area (Å²) in [6.45, 7) is 2.06. The van der Waals surface area contributed by atoms with Crippen molar-refractivity contribution in [3.63, 3.8) is 0 Å². The normalized spacial score (nSPS) is 11.2. The molecule has 0 spiro atoms. The van der Waals surface area contributed by atoms with Crippen LogP contribution in [0.5, 0.6) is 0 Å². The molecule has 5 nitrogen and oxygen atoms in total. The average molecular weight is 654 g/mol. The molecule has 0 unspecified atom stereocenters. The van der Waals surface area contributed by atoms with Crippen LogP contribution in [0.3, 0.4) is 0 Å². The molecule has 240 valence electrons. The molecular weight excluding hydrogens is 623 g/mol. The van der Waals surface area contributed by atoms with E-state index in [1.54, 1.807) is 6.20 Å². The number of rotatable bonds is 6. The van der Waals surface area contributed by atoms with Crippen LogP contribution in [0.15, 0.2) is 170 Å². The lowest BCUT2D eigenvalue weighted by molar-refractivity contribution is 1.16. The van der Waals surface area contributed by atoms with Crippen LogP contribution in [0.25, 0.3) is 89.4 Å². The molecule has 0 atom stereocenters. The van der Waals surface area contributed by atoms with E-state index in [2.05, 4.69) is 103 Å². The first-order valence-corrected chi connectivity index (χ1v) is 17.0. The molecule has 5 aromatic carbocycles. The maximum atomic E-state index is 5.13. The predicted molar refractivity (Wildman–Crippen MR) is 208 cm³/mol. The molecule has 9 rings (SSSR count). The zero-order valence-corrected chi connectivity index (χ0v) is 27.9. The number of fused-ring (bicyclic) bond motifs is 3. The van der Waals surface area contributed by atoms with Gasteiger partial charge in [-0.3, -0.25) is 9.97 Å². The van der Waals surface area contributed by atoms with Crippen LogP contribution < -0.4 is 0 Å². The smallest absolute Gasteiger partial charge is 0.160 e. The minimum absolute atomic E-state index is 0.666. The summed E-state index contributed by atoms with van der Waals surface area (Å²) in [5, 5.41) is 2.15. The third-order valence-corrected chi connectivity index (χ3v) is 9.19. The van der Waals surface area contributed by atoms with Crippen molar-refractivity contribution < 1.29 is 0 Å². The maximum absolute atomic E-state index is 5.13. The zero-order chi connectivity index (χ0) is 34.1. The number of benzene rings is 5. The number of aromatic nitrogens is 5. The number of hydrogen-bond acceptors (Lipinski definition) is 5. The van der Waals surface area contributed by atoms with Crippen molar-refractivity contribution in [2.24, 2.45) is 0 Å².